The Bertz CT molecular complexity index is 660. The first-order chi connectivity index (χ1) is 9.77. The smallest absolute Gasteiger partial charge is 0.258 e. The Balaban J connectivity index is 1.98. The molecule has 2 saturated carbocycles. The van der Waals surface area contributed by atoms with Crippen LogP contribution in [0.1, 0.15) is 39.2 Å². The van der Waals surface area contributed by atoms with E-state index in [0.29, 0.717) is 5.92 Å². The Labute approximate surface area is 130 Å². The van der Waals surface area contributed by atoms with E-state index in [9.17, 15) is 10.1 Å². The van der Waals surface area contributed by atoms with E-state index in [1.807, 2.05) is 0 Å². The van der Waals surface area contributed by atoms with Gasteiger partial charge in [-0.3, -0.25) is 10.1 Å². The topological polar surface area (TPSA) is 43.1 Å². The molecule has 0 unspecified atom stereocenters. The molecular weight excluding hydrogens is 282 g/mol. The van der Waals surface area contributed by atoms with Gasteiger partial charge in [-0.15, -0.1) is 0 Å². The molecule has 1 aromatic rings. The number of rotatable bonds is 2. The lowest BCUT2D eigenvalue weighted by Gasteiger charge is -2.33. The van der Waals surface area contributed by atoms with Crippen LogP contribution in [0.15, 0.2) is 29.8 Å². The minimum Gasteiger partial charge on any atom is -0.258 e. The van der Waals surface area contributed by atoms with Gasteiger partial charge in [0.2, 0.25) is 0 Å². The Morgan fingerprint density at radius 1 is 1.29 bits per heavy atom. The van der Waals surface area contributed by atoms with E-state index >= 15 is 0 Å². The maximum Gasteiger partial charge on any atom is 0.269 e. The Hall–Kier alpha value is -1.55. The van der Waals surface area contributed by atoms with Crippen molar-refractivity contribution >= 4 is 28.8 Å². The van der Waals surface area contributed by atoms with Gasteiger partial charge >= 0.3 is 0 Å². The number of allylic oxidation sites excluding steroid dienone is 1. The van der Waals surface area contributed by atoms with Gasteiger partial charge in [-0.05, 0) is 47.4 Å². The maximum atomic E-state index is 10.7. The summed E-state index contributed by atoms with van der Waals surface area (Å²) in [5.41, 5.74) is 2.69. The van der Waals surface area contributed by atoms with Crippen LogP contribution in [-0.2, 0) is 0 Å². The lowest BCUT2D eigenvalue weighted by molar-refractivity contribution is -0.384. The molecule has 2 aliphatic rings. The molecular formula is C17H19NO2S. The molecule has 4 heteroatoms. The van der Waals surface area contributed by atoms with Gasteiger partial charge in [0, 0.05) is 22.4 Å². The Morgan fingerprint density at radius 3 is 2.38 bits per heavy atom. The second-order valence-corrected chi connectivity index (χ2v) is 7.33. The first-order valence-corrected chi connectivity index (χ1v) is 7.69. The summed E-state index contributed by atoms with van der Waals surface area (Å²) in [6, 6.07) is 6.70. The van der Waals surface area contributed by atoms with Crippen molar-refractivity contribution in [2.75, 3.05) is 0 Å². The number of nitro benzene ring substituents is 1. The normalized spacial score (nSPS) is 31.9. The highest BCUT2D eigenvalue weighted by molar-refractivity contribution is 7.81. The molecule has 3 rings (SSSR count). The summed E-state index contributed by atoms with van der Waals surface area (Å²) in [5, 5.41) is 10.7. The summed E-state index contributed by atoms with van der Waals surface area (Å²) in [4.78, 5) is 11.4. The average molecular weight is 301 g/mol. The van der Waals surface area contributed by atoms with Crippen LogP contribution in [0, 0.1) is 26.9 Å². The highest BCUT2D eigenvalue weighted by Crippen LogP contribution is 2.66. The van der Waals surface area contributed by atoms with Gasteiger partial charge < -0.3 is 0 Å². The fourth-order valence-electron chi connectivity index (χ4n) is 3.97. The van der Waals surface area contributed by atoms with Crippen LogP contribution < -0.4 is 0 Å². The molecule has 1 aromatic carbocycles. The fourth-order valence-corrected chi connectivity index (χ4v) is 4.53. The van der Waals surface area contributed by atoms with E-state index in [0.717, 1.165) is 10.4 Å². The quantitative estimate of drug-likeness (QED) is 0.341. The molecule has 0 aliphatic heterocycles. The van der Waals surface area contributed by atoms with Gasteiger partial charge in [-0.25, -0.2) is 0 Å². The van der Waals surface area contributed by atoms with Crippen molar-refractivity contribution in [3.8, 4) is 0 Å². The summed E-state index contributed by atoms with van der Waals surface area (Å²) in [6.07, 6.45) is 4.48. The van der Waals surface area contributed by atoms with Gasteiger partial charge in [0.25, 0.3) is 5.69 Å². The average Bonchev–Trinajstić information content (AvgIpc) is 2.74. The number of fused-ring (bicyclic) bond motifs is 2. The van der Waals surface area contributed by atoms with Crippen molar-refractivity contribution in [1.82, 2.24) is 0 Å². The predicted molar refractivity (Wildman–Crippen MR) is 88.3 cm³/mol. The molecule has 2 fully saturated rings. The summed E-state index contributed by atoms with van der Waals surface area (Å²) in [5.74, 6) is 0.505. The number of hydrogen-bond acceptors (Lipinski definition) is 3. The van der Waals surface area contributed by atoms with Crippen LogP contribution in [0.25, 0.3) is 6.08 Å². The van der Waals surface area contributed by atoms with E-state index in [-0.39, 0.29) is 21.4 Å². The van der Waals surface area contributed by atoms with Crippen LogP contribution >= 0.6 is 12.2 Å². The van der Waals surface area contributed by atoms with Crippen molar-refractivity contribution in [3.05, 3.63) is 45.5 Å². The molecule has 0 saturated heterocycles. The molecule has 0 aromatic heterocycles. The van der Waals surface area contributed by atoms with Gasteiger partial charge in [0.15, 0.2) is 0 Å². The SMILES string of the molecule is CC1(C)[C@@H]2CC[C@@]1(C)C(=S)/C2=C/c1ccc([N+](=O)[O-])cc1. The molecule has 21 heavy (non-hydrogen) atoms. The highest BCUT2D eigenvalue weighted by atomic mass is 32.1. The van der Waals surface area contributed by atoms with Crippen LogP contribution in [0.4, 0.5) is 5.69 Å². The number of thiocarbonyl (C=S) groups is 1. The molecule has 3 nitrogen and oxygen atoms in total. The van der Waals surface area contributed by atoms with E-state index in [2.05, 4.69) is 26.8 Å². The molecule has 110 valence electrons. The fraction of sp³-hybridized carbons (Fsp3) is 0.471. The summed E-state index contributed by atoms with van der Waals surface area (Å²) in [6.45, 7) is 6.91. The maximum absolute atomic E-state index is 10.7. The van der Waals surface area contributed by atoms with Crippen LogP contribution in [-0.4, -0.2) is 9.79 Å². The first-order valence-electron chi connectivity index (χ1n) is 7.28. The number of hydrogen-bond donors (Lipinski definition) is 0. The van der Waals surface area contributed by atoms with Crippen molar-refractivity contribution < 1.29 is 4.92 Å². The van der Waals surface area contributed by atoms with Crippen molar-refractivity contribution in [2.24, 2.45) is 16.7 Å². The zero-order valence-electron chi connectivity index (χ0n) is 12.6. The minimum atomic E-state index is -0.372. The van der Waals surface area contributed by atoms with E-state index in [1.165, 1.54) is 18.4 Å². The standard InChI is InChI=1S/C17H19NO2S/c1-16(2)14-8-9-17(16,3)15(21)13(14)10-11-4-6-12(7-5-11)18(19)20/h4-7,10,14H,8-9H2,1-3H3/b13-10+/t14-,17+/m1/s1. The monoisotopic (exact) mass is 301 g/mol. The summed E-state index contributed by atoms with van der Waals surface area (Å²) >= 11 is 5.74. The molecule has 0 amide bonds. The van der Waals surface area contributed by atoms with Crippen molar-refractivity contribution in [1.29, 1.82) is 0 Å². The summed E-state index contributed by atoms with van der Waals surface area (Å²) < 4.78 is 0. The molecule has 0 spiro atoms. The molecule has 2 aliphatic carbocycles. The lowest BCUT2D eigenvalue weighted by Crippen LogP contribution is -2.31. The number of nitrogens with zero attached hydrogens (tertiary/aromatic N) is 1. The second kappa shape index (κ2) is 4.47. The van der Waals surface area contributed by atoms with Gasteiger partial charge in [-0.2, -0.15) is 0 Å². The Morgan fingerprint density at radius 2 is 1.90 bits per heavy atom. The van der Waals surface area contributed by atoms with E-state index in [1.54, 1.807) is 24.3 Å². The Kier molecular flexibility index (Phi) is 3.06. The molecule has 2 bridgehead atoms. The zero-order chi connectivity index (χ0) is 15.4. The third kappa shape index (κ3) is 1.89. The zero-order valence-corrected chi connectivity index (χ0v) is 13.4. The third-order valence-electron chi connectivity index (χ3n) is 5.79. The molecule has 2 atom stereocenters. The van der Waals surface area contributed by atoms with Gasteiger partial charge in [-0.1, -0.05) is 39.1 Å². The largest absolute Gasteiger partial charge is 0.269 e. The second-order valence-electron chi connectivity index (χ2n) is 6.92. The van der Waals surface area contributed by atoms with Crippen molar-refractivity contribution in [2.45, 2.75) is 33.6 Å². The number of non-ortho nitro benzene ring substituents is 1. The van der Waals surface area contributed by atoms with E-state index in [4.69, 9.17) is 12.2 Å². The lowest BCUT2D eigenvalue weighted by atomic mass is 9.71. The molecule has 0 radical (unpaired) electrons. The highest BCUT2D eigenvalue weighted by Gasteiger charge is 2.61. The number of nitro groups is 1. The van der Waals surface area contributed by atoms with Crippen LogP contribution in [0.2, 0.25) is 0 Å². The van der Waals surface area contributed by atoms with Gasteiger partial charge in [0.1, 0.15) is 0 Å². The van der Waals surface area contributed by atoms with E-state index < -0.39 is 0 Å². The molecule has 0 N–H and O–H groups in total. The van der Waals surface area contributed by atoms with Crippen molar-refractivity contribution in [3.63, 3.8) is 0 Å². The molecule has 0 heterocycles. The minimum absolute atomic E-state index is 0.111. The van der Waals surface area contributed by atoms with Crippen LogP contribution in [0.5, 0.6) is 0 Å². The van der Waals surface area contributed by atoms with Gasteiger partial charge in [0.05, 0.1) is 4.92 Å². The number of benzene rings is 1. The third-order valence-corrected chi connectivity index (χ3v) is 6.48. The van der Waals surface area contributed by atoms with Crippen LogP contribution in [0.3, 0.4) is 0 Å². The first kappa shape index (κ1) is 14.4. The summed E-state index contributed by atoms with van der Waals surface area (Å²) in [7, 11) is 0. The predicted octanol–water partition coefficient (Wildman–Crippen LogP) is 4.80.